The van der Waals surface area contributed by atoms with Gasteiger partial charge < -0.3 is 10.6 Å². The van der Waals surface area contributed by atoms with Gasteiger partial charge in [0.05, 0.1) is 5.25 Å². The number of thioether (sulfide) groups is 1. The van der Waals surface area contributed by atoms with Crippen LogP contribution in [-0.2, 0) is 11.3 Å². The third kappa shape index (κ3) is 5.17. The van der Waals surface area contributed by atoms with E-state index in [4.69, 9.17) is 0 Å². The zero-order valence-corrected chi connectivity index (χ0v) is 13.3. The van der Waals surface area contributed by atoms with Crippen molar-refractivity contribution in [3.8, 4) is 0 Å². The van der Waals surface area contributed by atoms with E-state index in [1.807, 2.05) is 20.8 Å². The third-order valence-electron chi connectivity index (χ3n) is 3.21. The van der Waals surface area contributed by atoms with E-state index in [9.17, 15) is 4.79 Å². The van der Waals surface area contributed by atoms with E-state index >= 15 is 0 Å². The lowest BCUT2D eigenvalue weighted by atomic mass is 10.2. The Bertz CT molecular complexity index is 440. The van der Waals surface area contributed by atoms with E-state index in [1.54, 1.807) is 11.8 Å². The number of carbonyl (C=O) groups is 1. The van der Waals surface area contributed by atoms with Crippen LogP contribution in [-0.4, -0.2) is 23.2 Å². The standard InChI is InChI=1S/C16H24N2OS/c1-11(2)18-16(19)12(3)20-15-8-4-13(5-9-15)10-17-14-6-7-14/h4-5,8-9,11-12,14,17H,6-7,10H2,1-3H3,(H,18,19). The van der Waals surface area contributed by atoms with Crippen molar-refractivity contribution in [2.45, 2.75) is 62.4 Å². The van der Waals surface area contributed by atoms with Crippen molar-refractivity contribution in [2.24, 2.45) is 0 Å². The highest BCUT2D eigenvalue weighted by Gasteiger charge is 2.20. The largest absolute Gasteiger partial charge is 0.353 e. The summed E-state index contributed by atoms with van der Waals surface area (Å²) in [6.07, 6.45) is 2.63. The molecule has 1 aliphatic rings. The molecule has 3 nitrogen and oxygen atoms in total. The maximum Gasteiger partial charge on any atom is 0.233 e. The van der Waals surface area contributed by atoms with E-state index in [0.29, 0.717) is 0 Å². The SMILES string of the molecule is CC(C)NC(=O)C(C)Sc1ccc(CNC2CC2)cc1. The Labute approximate surface area is 125 Å². The number of nitrogens with one attached hydrogen (secondary N) is 2. The summed E-state index contributed by atoms with van der Waals surface area (Å²) in [6.45, 7) is 6.86. The summed E-state index contributed by atoms with van der Waals surface area (Å²) in [5, 5.41) is 6.38. The molecular weight excluding hydrogens is 268 g/mol. The number of carbonyl (C=O) groups excluding carboxylic acids is 1. The Morgan fingerprint density at radius 3 is 2.45 bits per heavy atom. The highest BCUT2D eigenvalue weighted by molar-refractivity contribution is 8.00. The fraction of sp³-hybridized carbons (Fsp3) is 0.562. The summed E-state index contributed by atoms with van der Waals surface area (Å²) in [5.41, 5.74) is 1.31. The Balaban J connectivity index is 1.81. The van der Waals surface area contributed by atoms with Crippen molar-refractivity contribution >= 4 is 17.7 Å². The fourth-order valence-corrected chi connectivity index (χ4v) is 2.77. The van der Waals surface area contributed by atoms with Gasteiger partial charge in [-0.25, -0.2) is 0 Å². The zero-order chi connectivity index (χ0) is 14.5. The van der Waals surface area contributed by atoms with Gasteiger partial charge in [-0.05, 0) is 51.3 Å². The topological polar surface area (TPSA) is 41.1 Å². The highest BCUT2D eigenvalue weighted by atomic mass is 32.2. The average molecular weight is 292 g/mol. The molecule has 0 heterocycles. The number of hydrogen-bond acceptors (Lipinski definition) is 3. The fourth-order valence-electron chi connectivity index (χ4n) is 1.90. The Hall–Kier alpha value is -1.00. The molecule has 2 N–H and O–H groups in total. The molecule has 1 fully saturated rings. The second kappa shape index (κ2) is 7.14. The van der Waals surface area contributed by atoms with Crippen molar-refractivity contribution in [1.82, 2.24) is 10.6 Å². The molecule has 0 aromatic heterocycles. The van der Waals surface area contributed by atoms with Crippen molar-refractivity contribution in [2.75, 3.05) is 0 Å². The van der Waals surface area contributed by atoms with Gasteiger partial charge in [0, 0.05) is 23.5 Å². The monoisotopic (exact) mass is 292 g/mol. The van der Waals surface area contributed by atoms with E-state index in [2.05, 4.69) is 34.9 Å². The predicted octanol–water partition coefficient (Wildman–Crippen LogP) is 2.94. The normalized spacial score (nSPS) is 16.2. The summed E-state index contributed by atoms with van der Waals surface area (Å²) in [5.74, 6) is 0.101. The molecule has 0 spiro atoms. The molecule has 1 unspecified atom stereocenters. The Morgan fingerprint density at radius 1 is 1.25 bits per heavy atom. The maximum atomic E-state index is 11.9. The Kier molecular flexibility index (Phi) is 5.49. The molecule has 0 bridgehead atoms. The zero-order valence-electron chi connectivity index (χ0n) is 12.5. The number of hydrogen-bond donors (Lipinski definition) is 2. The number of benzene rings is 1. The molecular formula is C16H24N2OS. The summed E-state index contributed by atoms with van der Waals surface area (Å²) < 4.78 is 0. The highest BCUT2D eigenvalue weighted by Crippen LogP contribution is 2.24. The molecule has 0 aliphatic heterocycles. The van der Waals surface area contributed by atoms with Crippen molar-refractivity contribution in [3.63, 3.8) is 0 Å². The minimum atomic E-state index is -0.0622. The molecule has 1 saturated carbocycles. The molecule has 1 amide bonds. The van der Waals surface area contributed by atoms with Gasteiger partial charge in [0.1, 0.15) is 0 Å². The molecule has 1 atom stereocenters. The van der Waals surface area contributed by atoms with Crippen LogP contribution in [0, 0.1) is 0 Å². The van der Waals surface area contributed by atoms with Crippen LogP contribution in [0.1, 0.15) is 39.2 Å². The molecule has 1 aromatic rings. The molecule has 20 heavy (non-hydrogen) atoms. The van der Waals surface area contributed by atoms with Crippen molar-refractivity contribution in [1.29, 1.82) is 0 Å². The minimum Gasteiger partial charge on any atom is -0.353 e. The minimum absolute atomic E-state index is 0.0622. The molecule has 4 heteroatoms. The van der Waals surface area contributed by atoms with E-state index in [0.717, 1.165) is 17.5 Å². The first-order valence-corrected chi connectivity index (χ1v) is 8.22. The van der Waals surface area contributed by atoms with Crippen LogP contribution >= 0.6 is 11.8 Å². The summed E-state index contributed by atoms with van der Waals surface area (Å²) in [7, 11) is 0. The lowest BCUT2D eigenvalue weighted by Gasteiger charge is -2.14. The summed E-state index contributed by atoms with van der Waals surface area (Å²) in [4.78, 5) is 13.0. The molecule has 2 rings (SSSR count). The van der Waals surface area contributed by atoms with Crippen LogP contribution in [0.3, 0.4) is 0 Å². The van der Waals surface area contributed by atoms with Gasteiger partial charge in [0.2, 0.25) is 5.91 Å². The summed E-state index contributed by atoms with van der Waals surface area (Å²) in [6, 6.07) is 9.43. The quantitative estimate of drug-likeness (QED) is 0.759. The number of rotatable bonds is 7. The second-order valence-electron chi connectivity index (χ2n) is 5.72. The maximum absolute atomic E-state index is 11.9. The lowest BCUT2D eigenvalue weighted by Crippen LogP contribution is -2.35. The van der Waals surface area contributed by atoms with Gasteiger partial charge in [-0.2, -0.15) is 0 Å². The van der Waals surface area contributed by atoms with Gasteiger partial charge in [0.15, 0.2) is 0 Å². The van der Waals surface area contributed by atoms with Gasteiger partial charge >= 0.3 is 0 Å². The molecule has 1 aromatic carbocycles. The lowest BCUT2D eigenvalue weighted by molar-refractivity contribution is -0.120. The molecule has 0 radical (unpaired) electrons. The molecule has 110 valence electrons. The van der Waals surface area contributed by atoms with Crippen LogP contribution in [0.2, 0.25) is 0 Å². The van der Waals surface area contributed by atoms with Crippen LogP contribution in [0.5, 0.6) is 0 Å². The van der Waals surface area contributed by atoms with E-state index in [1.165, 1.54) is 18.4 Å². The van der Waals surface area contributed by atoms with Gasteiger partial charge in [-0.3, -0.25) is 4.79 Å². The van der Waals surface area contributed by atoms with Crippen LogP contribution in [0.15, 0.2) is 29.2 Å². The van der Waals surface area contributed by atoms with Crippen LogP contribution < -0.4 is 10.6 Å². The first kappa shape index (κ1) is 15.4. The summed E-state index contributed by atoms with van der Waals surface area (Å²) >= 11 is 1.61. The second-order valence-corrected chi connectivity index (χ2v) is 7.14. The predicted molar refractivity (Wildman–Crippen MR) is 84.9 cm³/mol. The van der Waals surface area contributed by atoms with Gasteiger partial charge in [-0.1, -0.05) is 12.1 Å². The molecule has 1 aliphatic carbocycles. The van der Waals surface area contributed by atoms with Crippen LogP contribution in [0.4, 0.5) is 0 Å². The third-order valence-corrected chi connectivity index (χ3v) is 4.32. The number of amides is 1. The smallest absolute Gasteiger partial charge is 0.233 e. The Morgan fingerprint density at radius 2 is 1.90 bits per heavy atom. The van der Waals surface area contributed by atoms with Crippen molar-refractivity contribution < 1.29 is 4.79 Å². The molecule has 0 saturated heterocycles. The van der Waals surface area contributed by atoms with E-state index in [-0.39, 0.29) is 17.2 Å². The first-order chi connectivity index (χ1) is 9.54. The van der Waals surface area contributed by atoms with Gasteiger partial charge in [0.25, 0.3) is 0 Å². The first-order valence-electron chi connectivity index (χ1n) is 7.34. The van der Waals surface area contributed by atoms with Crippen LogP contribution in [0.25, 0.3) is 0 Å². The average Bonchev–Trinajstić information content (AvgIpc) is 3.21. The van der Waals surface area contributed by atoms with Crippen molar-refractivity contribution in [3.05, 3.63) is 29.8 Å². The van der Waals surface area contributed by atoms with E-state index < -0.39 is 0 Å². The van der Waals surface area contributed by atoms with Gasteiger partial charge in [-0.15, -0.1) is 11.8 Å².